The third-order valence-corrected chi connectivity index (χ3v) is 4.69. The van der Waals surface area contributed by atoms with E-state index >= 15 is 0 Å². The van der Waals surface area contributed by atoms with Gasteiger partial charge in [-0.1, -0.05) is 6.07 Å². The summed E-state index contributed by atoms with van der Waals surface area (Å²) in [4.78, 5) is 33.5. The largest absolute Gasteiger partial charge is 0.433 e. The van der Waals surface area contributed by atoms with E-state index in [0.29, 0.717) is 12.5 Å². The summed E-state index contributed by atoms with van der Waals surface area (Å²) in [6.45, 7) is 2.54. The van der Waals surface area contributed by atoms with Crippen molar-refractivity contribution >= 4 is 23.5 Å². The van der Waals surface area contributed by atoms with Gasteiger partial charge in [-0.15, -0.1) is 0 Å². The highest BCUT2D eigenvalue weighted by molar-refractivity contribution is 5.94. The van der Waals surface area contributed by atoms with E-state index in [4.69, 9.17) is 0 Å². The summed E-state index contributed by atoms with van der Waals surface area (Å²) >= 11 is 0. The molecule has 0 radical (unpaired) electrons. The van der Waals surface area contributed by atoms with E-state index in [1.807, 2.05) is 0 Å². The van der Waals surface area contributed by atoms with Crippen molar-refractivity contribution in [3.63, 3.8) is 0 Å². The fraction of sp³-hybridized carbons (Fsp3) is 0.429. The van der Waals surface area contributed by atoms with Crippen molar-refractivity contribution in [2.45, 2.75) is 45.3 Å². The Morgan fingerprint density at radius 3 is 2.64 bits per heavy atom. The normalized spacial score (nSPS) is 17.9. The molecule has 1 fully saturated rings. The summed E-state index contributed by atoms with van der Waals surface area (Å²) in [7, 11) is 0. The zero-order valence-corrected chi connectivity index (χ0v) is 18.2. The molecule has 0 aromatic carbocycles. The average molecular weight is 469 g/mol. The zero-order chi connectivity index (χ0) is 24.4. The van der Waals surface area contributed by atoms with Crippen molar-refractivity contribution in [1.82, 2.24) is 20.2 Å². The van der Waals surface area contributed by atoms with Crippen LogP contribution in [0.5, 0.6) is 5.75 Å². The molecule has 0 bridgehead atoms. The highest BCUT2D eigenvalue weighted by atomic mass is 19.3. The molecule has 3 rings (SSSR count). The quantitative estimate of drug-likeness (QED) is 0.629. The molecular weight excluding hydrogens is 446 g/mol. The molecule has 1 saturated heterocycles. The van der Waals surface area contributed by atoms with Crippen LogP contribution in [0.1, 0.15) is 36.3 Å². The number of anilines is 2. The number of alkyl halides is 4. The zero-order valence-electron chi connectivity index (χ0n) is 18.2. The molecule has 2 amide bonds. The second-order valence-electron chi connectivity index (χ2n) is 7.92. The Hall–Kier alpha value is -3.44. The molecule has 2 aromatic heterocycles. The SMILES string of the molecule is CC(=O)N[C@H]1CN(C(=O)c2nc(Nc3cc(OC(C)(F)F)ccn3)ccc2C)CC(F)(F)C1. The minimum absolute atomic E-state index is 0.0632. The lowest BCUT2D eigenvalue weighted by Gasteiger charge is -2.37. The first-order valence-corrected chi connectivity index (χ1v) is 10.0. The molecule has 2 aromatic rings. The van der Waals surface area contributed by atoms with Crippen molar-refractivity contribution in [2.24, 2.45) is 0 Å². The molecule has 8 nitrogen and oxygen atoms in total. The highest BCUT2D eigenvalue weighted by Gasteiger charge is 2.43. The molecule has 33 heavy (non-hydrogen) atoms. The number of hydrogen-bond acceptors (Lipinski definition) is 6. The lowest BCUT2D eigenvalue weighted by molar-refractivity contribution is -0.158. The van der Waals surface area contributed by atoms with Gasteiger partial charge in [0, 0.05) is 39.1 Å². The lowest BCUT2D eigenvalue weighted by Crippen LogP contribution is -2.56. The average Bonchev–Trinajstić information content (AvgIpc) is 2.66. The molecule has 12 heteroatoms. The Balaban J connectivity index is 1.80. The fourth-order valence-electron chi connectivity index (χ4n) is 3.48. The lowest BCUT2D eigenvalue weighted by atomic mass is 10.0. The van der Waals surface area contributed by atoms with Crippen LogP contribution in [0.25, 0.3) is 0 Å². The maximum absolute atomic E-state index is 14.2. The van der Waals surface area contributed by atoms with Crippen molar-refractivity contribution in [1.29, 1.82) is 0 Å². The van der Waals surface area contributed by atoms with Crippen LogP contribution in [0.2, 0.25) is 0 Å². The van der Waals surface area contributed by atoms with Crippen LogP contribution in [0.4, 0.5) is 29.2 Å². The van der Waals surface area contributed by atoms with E-state index in [1.54, 1.807) is 13.0 Å². The molecular formula is C21H23F4N5O3. The Morgan fingerprint density at radius 2 is 1.97 bits per heavy atom. The smallest absolute Gasteiger partial charge is 0.394 e. The first kappa shape index (κ1) is 24.2. The predicted molar refractivity (Wildman–Crippen MR) is 111 cm³/mol. The van der Waals surface area contributed by atoms with E-state index in [0.717, 1.165) is 4.90 Å². The molecule has 178 valence electrons. The maximum atomic E-state index is 14.2. The van der Waals surface area contributed by atoms with Crippen molar-refractivity contribution in [2.75, 3.05) is 18.4 Å². The highest BCUT2D eigenvalue weighted by Crippen LogP contribution is 2.29. The van der Waals surface area contributed by atoms with Gasteiger partial charge in [0.25, 0.3) is 11.8 Å². The predicted octanol–water partition coefficient (Wildman–Crippen LogP) is 3.51. The van der Waals surface area contributed by atoms with Gasteiger partial charge in [-0.25, -0.2) is 18.7 Å². The van der Waals surface area contributed by atoms with Gasteiger partial charge in [-0.05, 0) is 24.6 Å². The maximum Gasteiger partial charge on any atom is 0.394 e. The van der Waals surface area contributed by atoms with Crippen LogP contribution >= 0.6 is 0 Å². The summed E-state index contributed by atoms with van der Waals surface area (Å²) in [5.74, 6) is -4.22. The Bertz CT molecular complexity index is 1040. The van der Waals surface area contributed by atoms with E-state index in [2.05, 4.69) is 25.3 Å². The van der Waals surface area contributed by atoms with Crippen LogP contribution in [0.3, 0.4) is 0 Å². The summed E-state index contributed by atoms with van der Waals surface area (Å²) in [6, 6.07) is 4.68. The van der Waals surface area contributed by atoms with Crippen molar-refractivity contribution in [3.05, 3.63) is 41.7 Å². The second-order valence-corrected chi connectivity index (χ2v) is 7.92. The van der Waals surface area contributed by atoms with Gasteiger partial charge >= 0.3 is 6.11 Å². The van der Waals surface area contributed by atoms with Crippen LogP contribution < -0.4 is 15.4 Å². The third kappa shape index (κ3) is 6.77. The van der Waals surface area contributed by atoms with Crippen LogP contribution in [-0.2, 0) is 4.79 Å². The Morgan fingerprint density at radius 1 is 1.24 bits per heavy atom. The summed E-state index contributed by atoms with van der Waals surface area (Å²) in [6.07, 6.45) is -2.70. The van der Waals surface area contributed by atoms with Crippen LogP contribution in [0, 0.1) is 6.92 Å². The van der Waals surface area contributed by atoms with Gasteiger partial charge < -0.3 is 20.3 Å². The van der Waals surface area contributed by atoms with Crippen LogP contribution in [-0.4, -0.2) is 57.8 Å². The second kappa shape index (κ2) is 9.20. The molecule has 0 aliphatic carbocycles. The van der Waals surface area contributed by atoms with Gasteiger partial charge in [0.15, 0.2) is 0 Å². The number of piperidine rings is 1. The molecule has 1 aliphatic heterocycles. The number of nitrogens with one attached hydrogen (secondary N) is 2. The molecule has 2 N–H and O–H groups in total. The van der Waals surface area contributed by atoms with Gasteiger partial charge in [0.1, 0.15) is 23.1 Å². The molecule has 0 unspecified atom stereocenters. The van der Waals surface area contributed by atoms with Crippen molar-refractivity contribution in [3.8, 4) is 5.75 Å². The number of carbonyl (C=O) groups is 2. The number of carbonyl (C=O) groups excluding carboxylic acids is 2. The number of halogens is 4. The summed E-state index contributed by atoms with van der Waals surface area (Å²) in [5.41, 5.74) is 0.387. The minimum Gasteiger partial charge on any atom is -0.433 e. The van der Waals surface area contributed by atoms with Gasteiger partial charge in [0.2, 0.25) is 5.91 Å². The number of amides is 2. The Kier molecular flexibility index (Phi) is 6.75. The van der Waals surface area contributed by atoms with Gasteiger partial charge in [0.05, 0.1) is 12.6 Å². The number of rotatable bonds is 6. The number of likely N-dealkylation sites (tertiary alicyclic amines) is 1. The fourth-order valence-corrected chi connectivity index (χ4v) is 3.48. The van der Waals surface area contributed by atoms with E-state index in [1.165, 1.54) is 31.3 Å². The molecule has 1 aliphatic rings. The van der Waals surface area contributed by atoms with E-state index in [9.17, 15) is 27.2 Å². The monoisotopic (exact) mass is 469 g/mol. The molecule has 1 atom stereocenters. The van der Waals surface area contributed by atoms with E-state index in [-0.39, 0.29) is 29.6 Å². The standard InChI is InChI=1S/C21H23F4N5O3/c1-12-4-5-16(28-17-8-15(6-7-26-17)33-20(3,22)23)29-18(12)19(32)30-10-14(27-13(2)31)9-21(24,25)11-30/h4-8,14H,9-11H2,1-3H3,(H,27,31)(H,26,28,29)/t14-/m1/s1. The number of nitrogens with zero attached hydrogens (tertiary/aromatic N) is 3. The molecule has 0 spiro atoms. The van der Waals surface area contributed by atoms with Crippen LogP contribution in [0.15, 0.2) is 30.5 Å². The number of hydrogen-bond donors (Lipinski definition) is 2. The summed E-state index contributed by atoms with van der Waals surface area (Å²) < 4.78 is 59.1. The van der Waals surface area contributed by atoms with Gasteiger partial charge in [-0.3, -0.25) is 9.59 Å². The minimum atomic E-state index is -3.38. The summed E-state index contributed by atoms with van der Waals surface area (Å²) in [5, 5.41) is 5.22. The number of ether oxygens (including phenoxy) is 1. The molecule has 3 heterocycles. The third-order valence-electron chi connectivity index (χ3n) is 4.69. The first-order valence-electron chi connectivity index (χ1n) is 10.0. The molecule has 0 saturated carbocycles. The topological polar surface area (TPSA) is 96.5 Å². The number of aryl methyl sites for hydroxylation is 1. The van der Waals surface area contributed by atoms with Crippen molar-refractivity contribution < 1.29 is 31.9 Å². The van der Waals surface area contributed by atoms with E-state index < -0.39 is 42.9 Å². The first-order chi connectivity index (χ1) is 15.3. The number of pyridine rings is 2. The van der Waals surface area contributed by atoms with Gasteiger partial charge in [-0.2, -0.15) is 8.78 Å². The number of aromatic nitrogens is 2. The Labute approximate surface area is 187 Å².